The van der Waals surface area contributed by atoms with E-state index in [0.717, 1.165) is 29.0 Å². The second-order valence-corrected chi connectivity index (χ2v) is 10.5. The second kappa shape index (κ2) is 10.1. The number of para-hydroxylation sites is 1. The monoisotopic (exact) mass is 450 g/mol. The molecule has 1 fully saturated rings. The molecule has 2 aromatic carbocycles. The summed E-state index contributed by atoms with van der Waals surface area (Å²) in [6.45, 7) is 6.60. The van der Waals surface area contributed by atoms with Crippen molar-refractivity contribution in [3.63, 3.8) is 0 Å². The highest BCUT2D eigenvalue weighted by Gasteiger charge is 2.39. The van der Waals surface area contributed by atoms with Crippen LogP contribution in [0, 0.1) is 19.8 Å². The van der Waals surface area contributed by atoms with Gasteiger partial charge in [0, 0.05) is 10.9 Å². The van der Waals surface area contributed by atoms with Crippen LogP contribution in [-0.2, 0) is 16.1 Å². The molecule has 0 bridgehead atoms. The van der Waals surface area contributed by atoms with Crippen LogP contribution in [0.5, 0.6) is 0 Å². The van der Waals surface area contributed by atoms with Gasteiger partial charge in [-0.15, -0.1) is 11.8 Å². The van der Waals surface area contributed by atoms with E-state index in [4.69, 9.17) is 0 Å². The summed E-state index contributed by atoms with van der Waals surface area (Å²) in [7, 11) is 0. The predicted molar refractivity (Wildman–Crippen MR) is 132 cm³/mol. The van der Waals surface area contributed by atoms with Crippen LogP contribution in [0.3, 0.4) is 0 Å². The van der Waals surface area contributed by atoms with E-state index < -0.39 is 5.25 Å². The molecule has 0 saturated heterocycles. The van der Waals surface area contributed by atoms with E-state index in [-0.39, 0.29) is 23.8 Å². The number of nitrogens with one attached hydrogen (secondary N) is 1. The Labute approximate surface area is 196 Å². The molecule has 0 radical (unpaired) electrons. The maximum atomic E-state index is 13.7. The summed E-state index contributed by atoms with van der Waals surface area (Å²) in [4.78, 5) is 29.8. The normalized spacial score (nSPS) is 20.4. The molecule has 32 heavy (non-hydrogen) atoms. The second-order valence-electron chi connectivity index (χ2n) is 9.35. The van der Waals surface area contributed by atoms with Crippen LogP contribution in [0.2, 0.25) is 0 Å². The third-order valence-electron chi connectivity index (χ3n) is 6.82. The van der Waals surface area contributed by atoms with E-state index in [2.05, 4.69) is 43.4 Å². The number of benzene rings is 2. The summed E-state index contributed by atoms with van der Waals surface area (Å²) in [6.07, 6.45) is 6.95. The van der Waals surface area contributed by atoms with Gasteiger partial charge < -0.3 is 10.2 Å². The highest BCUT2D eigenvalue weighted by atomic mass is 32.2. The van der Waals surface area contributed by atoms with Gasteiger partial charge in [0.25, 0.3) is 0 Å². The Hall–Kier alpha value is -2.27. The molecule has 4 nitrogen and oxygen atoms in total. The van der Waals surface area contributed by atoms with Gasteiger partial charge in [0.2, 0.25) is 11.8 Å². The van der Waals surface area contributed by atoms with Crippen molar-refractivity contribution < 1.29 is 9.59 Å². The molecule has 1 aliphatic carbocycles. The first kappa shape index (κ1) is 22.9. The minimum Gasteiger partial charge on any atom is -0.353 e. The van der Waals surface area contributed by atoms with Gasteiger partial charge in [-0.05, 0) is 49.9 Å². The van der Waals surface area contributed by atoms with Crippen molar-refractivity contribution in [1.29, 1.82) is 0 Å². The number of aryl methyl sites for hydroxylation is 2. The van der Waals surface area contributed by atoms with Crippen molar-refractivity contribution >= 4 is 29.3 Å². The van der Waals surface area contributed by atoms with Gasteiger partial charge in [0.15, 0.2) is 0 Å². The highest BCUT2D eigenvalue weighted by molar-refractivity contribution is 8.01. The fourth-order valence-corrected chi connectivity index (χ4v) is 6.04. The Morgan fingerprint density at radius 3 is 2.56 bits per heavy atom. The number of amides is 2. The fourth-order valence-electron chi connectivity index (χ4n) is 4.75. The first-order chi connectivity index (χ1) is 15.4. The lowest BCUT2D eigenvalue weighted by Gasteiger charge is -2.36. The SMILES string of the molecule is Cc1ccc(C)c(CN2C(=O)C(C(C)C(=O)NC3CCCCCC3)Sc3ccccc32)c1. The summed E-state index contributed by atoms with van der Waals surface area (Å²) in [5, 5.41) is 2.84. The Balaban J connectivity index is 1.56. The molecule has 1 aliphatic heterocycles. The van der Waals surface area contributed by atoms with Crippen LogP contribution in [0.25, 0.3) is 0 Å². The Morgan fingerprint density at radius 2 is 1.81 bits per heavy atom. The summed E-state index contributed by atoms with van der Waals surface area (Å²) in [6, 6.07) is 14.7. The zero-order chi connectivity index (χ0) is 22.7. The van der Waals surface area contributed by atoms with E-state index in [1.54, 1.807) is 0 Å². The fraction of sp³-hybridized carbons (Fsp3) is 0.481. The van der Waals surface area contributed by atoms with Crippen molar-refractivity contribution in [2.45, 2.75) is 82.0 Å². The number of nitrogens with zero attached hydrogens (tertiary/aromatic N) is 1. The largest absolute Gasteiger partial charge is 0.353 e. The molecule has 2 aliphatic rings. The molecule has 1 saturated carbocycles. The van der Waals surface area contributed by atoms with Crippen LogP contribution >= 0.6 is 11.8 Å². The molecule has 1 N–H and O–H groups in total. The standard InChI is InChI=1S/C27H34N2O2S/c1-18-14-15-19(2)21(16-18)17-29-23-12-8-9-13-24(23)32-25(27(29)31)20(3)26(30)28-22-10-6-4-5-7-11-22/h8-9,12-16,20,22,25H,4-7,10-11,17H2,1-3H3,(H,28,30). The zero-order valence-corrected chi connectivity index (χ0v) is 20.2. The van der Waals surface area contributed by atoms with E-state index in [0.29, 0.717) is 6.54 Å². The number of carbonyl (C=O) groups is 2. The first-order valence-corrected chi connectivity index (χ1v) is 12.8. The molecule has 0 aromatic heterocycles. The summed E-state index contributed by atoms with van der Waals surface area (Å²) >= 11 is 1.54. The number of rotatable bonds is 5. The van der Waals surface area contributed by atoms with Crippen molar-refractivity contribution in [2.75, 3.05) is 4.90 Å². The lowest BCUT2D eigenvalue weighted by atomic mass is 10.0. The summed E-state index contributed by atoms with van der Waals surface area (Å²) in [5.74, 6) is -0.350. The Morgan fingerprint density at radius 1 is 1.09 bits per heavy atom. The lowest BCUT2D eigenvalue weighted by Crippen LogP contribution is -2.48. The molecule has 2 aromatic rings. The van der Waals surface area contributed by atoms with Crippen LogP contribution in [0.1, 0.15) is 62.1 Å². The van der Waals surface area contributed by atoms with Crippen molar-refractivity contribution in [2.24, 2.45) is 5.92 Å². The number of hydrogen-bond acceptors (Lipinski definition) is 3. The molecular weight excluding hydrogens is 416 g/mol. The van der Waals surface area contributed by atoms with Gasteiger partial charge in [0.1, 0.15) is 5.25 Å². The van der Waals surface area contributed by atoms with Crippen LogP contribution < -0.4 is 10.2 Å². The molecule has 4 rings (SSSR count). The highest BCUT2D eigenvalue weighted by Crippen LogP contribution is 2.42. The molecule has 1 heterocycles. The average Bonchev–Trinajstić information content (AvgIpc) is 3.06. The topological polar surface area (TPSA) is 49.4 Å². The molecule has 0 spiro atoms. The molecule has 170 valence electrons. The molecule has 2 unspecified atom stereocenters. The third kappa shape index (κ3) is 5.03. The number of thioether (sulfide) groups is 1. The molecule has 2 amide bonds. The van der Waals surface area contributed by atoms with Crippen molar-refractivity contribution in [1.82, 2.24) is 5.32 Å². The van der Waals surface area contributed by atoms with Crippen LogP contribution in [0.15, 0.2) is 47.4 Å². The molecular formula is C27H34N2O2S. The predicted octanol–water partition coefficient (Wildman–Crippen LogP) is 5.79. The van der Waals surface area contributed by atoms with Crippen LogP contribution in [0.4, 0.5) is 5.69 Å². The smallest absolute Gasteiger partial charge is 0.241 e. The third-order valence-corrected chi connectivity index (χ3v) is 8.28. The first-order valence-electron chi connectivity index (χ1n) is 11.9. The maximum absolute atomic E-state index is 13.7. The number of anilines is 1. The van der Waals surface area contributed by atoms with Crippen molar-refractivity contribution in [3.8, 4) is 0 Å². The summed E-state index contributed by atoms with van der Waals surface area (Å²) in [5.41, 5.74) is 4.45. The number of fused-ring (bicyclic) bond motifs is 1. The van der Waals surface area contributed by atoms with Crippen molar-refractivity contribution in [3.05, 3.63) is 59.2 Å². The lowest BCUT2D eigenvalue weighted by molar-refractivity contribution is -0.129. The zero-order valence-electron chi connectivity index (χ0n) is 19.4. The number of carbonyl (C=O) groups excluding carboxylic acids is 2. The van der Waals surface area contributed by atoms with Gasteiger partial charge in [-0.1, -0.05) is 68.5 Å². The minimum absolute atomic E-state index is 0.00816. The minimum atomic E-state index is -0.416. The van der Waals surface area contributed by atoms with Gasteiger partial charge in [-0.3, -0.25) is 9.59 Å². The Bertz CT molecular complexity index is 981. The van der Waals surface area contributed by atoms with E-state index >= 15 is 0 Å². The van der Waals surface area contributed by atoms with E-state index in [1.807, 2.05) is 30.0 Å². The molecule has 5 heteroatoms. The van der Waals surface area contributed by atoms with Crippen LogP contribution in [-0.4, -0.2) is 23.1 Å². The van der Waals surface area contributed by atoms with E-state index in [1.165, 1.54) is 48.6 Å². The number of hydrogen-bond donors (Lipinski definition) is 1. The average molecular weight is 451 g/mol. The van der Waals surface area contributed by atoms with Gasteiger partial charge in [0.05, 0.1) is 18.2 Å². The Kier molecular flexibility index (Phi) is 7.24. The quantitative estimate of drug-likeness (QED) is 0.587. The molecule has 2 atom stereocenters. The van der Waals surface area contributed by atoms with Gasteiger partial charge in [-0.25, -0.2) is 0 Å². The van der Waals surface area contributed by atoms with E-state index in [9.17, 15) is 9.59 Å². The van der Waals surface area contributed by atoms with Gasteiger partial charge >= 0.3 is 0 Å². The van der Waals surface area contributed by atoms with Gasteiger partial charge in [-0.2, -0.15) is 0 Å². The summed E-state index contributed by atoms with van der Waals surface area (Å²) < 4.78 is 0. The maximum Gasteiger partial charge on any atom is 0.241 e.